The summed E-state index contributed by atoms with van der Waals surface area (Å²) in [4.78, 5) is 16.2. The molecule has 3 N–H and O–H groups in total. The molecule has 0 bridgehead atoms. The Morgan fingerprint density at radius 1 is 1.44 bits per heavy atom. The molecule has 0 aromatic carbocycles. The number of piperidine rings is 1. The van der Waals surface area contributed by atoms with E-state index < -0.39 is 0 Å². The van der Waals surface area contributed by atoms with Crippen LogP contribution >= 0.6 is 12.2 Å². The van der Waals surface area contributed by atoms with Crippen molar-refractivity contribution in [2.75, 3.05) is 33.2 Å². The van der Waals surface area contributed by atoms with E-state index in [1.807, 2.05) is 0 Å². The maximum atomic E-state index is 11.8. The van der Waals surface area contributed by atoms with Gasteiger partial charge in [-0.3, -0.25) is 4.79 Å². The van der Waals surface area contributed by atoms with Crippen LogP contribution < -0.4 is 5.73 Å². The van der Waals surface area contributed by atoms with E-state index in [1.54, 1.807) is 11.9 Å². The van der Waals surface area contributed by atoms with Gasteiger partial charge in [0.05, 0.1) is 11.1 Å². The summed E-state index contributed by atoms with van der Waals surface area (Å²) in [5, 5.41) is 9.39. The molecule has 0 unspecified atom stereocenters. The summed E-state index contributed by atoms with van der Waals surface area (Å²) in [5.74, 6) is 0.123. The number of hydrogen-bond acceptors (Lipinski definition) is 4. The fraction of sp³-hybridized carbons (Fsp3) is 0.833. The van der Waals surface area contributed by atoms with Crippen molar-refractivity contribution in [3.05, 3.63) is 0 Å². The van der Waals surface area contributed by atoms with Crippen LogP contribution in [0.1, 0.15) is 25.7 Å². The van der Waals surface area contributed by atoms with E-state index in [4.69, 9.17) is 18.0 Å². The Hall–Kier alpha value is -0.720. The Bertz CT molecular complexity index is 291. The minimum Gasteiger partial charge on any atom is -0.393 e. The Morgan fingerprint density at radius 3 is 2.61 bits per heavy atom. The Balaban J connectivity index is 2.17. The van der Waals surface area contributed by atoms with Gasteiger partial charge in [-0.25, -0.2) is 0 Å². The Morgan fingerprint density at radius 2 is 2.06 bits per heavy atom. The molecule has 0 aliphatic carbocycles. The second-order valence-electron chi connectivity index (χ2n) is 4.85. The molecule has 0 radical (unpaired) electrons. The molecule has 6 heteroatoms. The molecule has 1 saturated heterocycles. The first-order valence-electron chi connectivity index (χ1n) is 6.41. The van der Waals surface area contributed by atoms with Crippen molar-refractivity contribution in [1.29, 1.82) is 0 Å². The van der Waals surface area contributed by atoms with E-state index in [2.05, 4.69) is 4.90 Å². The molecular formula is C12H23N3O2S. The van der Waals surface area contributed by atoms with Crippen molar-refractivity contribution in [3.8, 4) is 0 Å². The highest BCUT2D eigenvalue weighted by Crippen LogP contribution is 2.10. The van der Waals surface area contributed by atoms with Crippen molar-refractivity contribution >= 4 is 23.1 Å². The number of nitrogens with two attached hydrogens (primary N) is 1. The fourth-order valence-electron chi connectivity index (χ4n) is 1.99. The third kappa shape index (κ3) is 5.75. The molecule has 1 heterocycles. The Kier molecular flexibility index (Phi) is 6.52. The monoisotopic (exact) mass is 273 g/mol. The lowest BCUT2D eigenvalue weighted by molar-refractivity contribution is -0.130. The average molecular weight is 273 g/mol. The van der Waals surface area contributed by atoms with Crippen molar-refractivity contribution in [2.45, 2.75) is 31.8 Å². The maximum absolute atomic E-state index is 11.8. The average Bonchev–Trinajstić information content (AvgIpc) is 2.34. The normalized spacial score (nSPS) is 17.7. The molecule has 1 fully saturated rings. The zero-order valence-electron chi connectivity index (χ0n) is 11.0. The van der Waals surface area contributed by atoms with E-state index in [9.17, 15) is 9.90 Å². The lowest BCUT2D eigenvalue weighted by atomic mass is 10.1. The first-order valence-corrected chi connectivity index (χ1v) is 6.82. The van der Waals surface area contributed by atoms with Gasteiger partial charge in [-0.1, -0.05) is 12.2 Å². The third-order valence-electron chi connectivity index (χ3n) is 3.32. The highest BCUT2D eigenvalue weighted by molar-refractivity contribution is 7.80. The number of nitrogens with zero attached hydrogens (tertiary/aromatic N) is 2. The summed E-state index contributed by atoms with van der Waals surface area (Å²) in [5.41, 5.74) is 5.41. The zero-order valence-corrected chi connectivity index (χ0v) is 11.8. The molecule has 1 rings (SSSR count). The van der Waals surface area contributed by atoms with Crippen LogP contribution in [0.4, 0.5) is 0 Å². The van der Waals surface area contributed by atoms with Gasteiger partial charge in [-0.2, -0.15) is 0 Å². The summed E-state index contributed by atoms with van der Waals surface area (Å²) in [6.45, 7) is 3.12. The summed E-state index contributed by atoms with van der Waals surface area (Å²) in [6.07, 6.45) is 2.55. The number of rotatable bonds is 6. The van der Waals surface area contributed by atoms with Crippen LogP contribution in [-0.4, -0.2) is 65.1 Å². The van der Waals surface area contributed by atoms with Crippen LogP contribution in [-0.2, 0) is 4.79 Å². The number of amides is 1. The second kappa shape index (κ2) is 7.66. The summed E-state index contributed by atoms with van der Waals surface area (Å²) >= 11 is 4.79. The first-order chi connectivity index (χ1) is 8.49. The van der Waals surface area contributed by atoms with E-state index >= 15 is 0 Å². The second-order valence-corrected chi connectivity index (χ2v) is 5.38. The zero-order chi connectivity index (χ0) is 13.5. The molecule has 0 aromatic heterocycles. The number of hydrogen-bond donors (Lipinski definition) is 2. The molecule has 18 heavy (non-hydrogen) atoms. The molecule has 0 aromatic rings. The predicted octanol–water partition coefficient (Wildman–Crippen LogP) is -0.0322. The highest BCUT2D eigenvalue weighted by atomic mass is 32.1. The quantitative estimate of drug-likeness (QED) is 0.665. The van der Waals surface area contributed by atoms with Crippen LogP contribution in [0.15, 0.2) is 0 Å². The Labute approximate surface area is 114 Å². The van der Waals surface area contributed by atoms with Crippen molar-refractivity contribution < 1.29 is 9.90 Å². The molecule has 104 valence electrons. The van der Waals surface area contributed by atoms with E-state index in [1.165, 1.54) is 0 Å². The van der Waals surface area contributed by atoms with Crippen LogP contribution in [0.2, 0.25) is 0 Å². The predicted molar refractivity (Wildman–Crippen MR) is 75.3 cm³/mol. The van der Waals surface area contributed by atoms with Gasteiger partial charge >= 0.3 is 0 Å². The van der Waals surface area contributed by atoms with Gasteiger partial charge in [0.1, 0.15) is 0 Å². The number of carbonyl (C=O) groups excluding carboxylic acids is 1. The smallest absolute Gasteiger partial charge is 0.223 e. The molecular weight excluding hydrogens is 250 g/mol. The number of carbonyl (C=O) groups is 1. The minimum atomic E-state index is -0.162. The topological polar surface area (TPSA) is 69.8 Å². The fourth-order valence-corrected chi connectivity index (χ4v) is 2.08. The summed E-state index contributed by atoms with van der Waals surface area (Å²) < 4.78 is 0. The molecule has 1 aliphatic rings. The van der Waals surface area contributed by atoms with E-state index in [0.29, 0.717) is 24.4 Å². The van der Waals surface area contributed by atoms with Crippen molar-refractivity contribution in [1.82, 2.24) is 9.80 Å². The van der Waals surface area contributed by atoms with Crippen molar-refractivity contribution in [2.24, 2.45) is 5.73 Å². The lowest BCUT2D eigenvalue weighted by Gasteiger charge is -2.29. The van der Waals surface area contributed by atoms with Gasteiger partial charge in [-0.05, 0) is 12.8 Å². The largest absolute Gasteiger partial charge is 0.393 e. The van der Waals surface area contributed by atoms with Gasteiger partial charge in [0, 0.05) is 46.1 Å². The number of thiocarbonyl (C=S) groups is 1. The van der Waals surface area contributed by atoms with Crippen LogP contribution in [0.25, 0.3) is 0 Å². The van der Waals surface area contributed by atoms with Gasteiger partial charge in [0.15, 0.2) is 0 Å². The standard InChI is InChI=1S/C12H23N3O2S/c1-14(6-4-11(13)18)12(17)5-9-15-7-2-10(16)3-8-15/h10,16H,2-9H2,1H3,(H2,13,18). The minimum absolute atomic E-state index is 0.123. The molecule has 5 nitrogen and oxygen atoms in total. The van der Waals surface area contributed by atoms with E-state index in [-0.39, 0.29) is 12.0 Å². The van der Waals surface area contributed by atoms with Gasteiger partial charge < -0.3 is 20.6 Å². The van der Waals surface area contributed by atoms with E-state index in [0.717, 1.165) is 32.5 Å². The third-order valence-corrected chi connectivity index (χ3v) is 3.52. The summed E-state index contributed by atoms with van der Waals surface area (Å²) in [6, 6.07) is 0. The van der Waals surface area contributed by atoms with Crippen molar-refractivity contribution in [3.63, 3.8) is 0 Å². The first kappa shape index (κ1) is 15.3. The maximum Gasteiger partial charge on any atom is 0.223 e. The SMILES string of the molecule is CN(CCC(N)=S)C(=O)CCN1CCC(O)CC1. The molecule has 0 spiro atoms. The lowest BCUT2D eigenvalue weighted by Crippen LogP contribution is -2.39. The van der Waals surface area contributed by atoms with Crippen LogP contribution in [0, 0.1) is 0 Å². The molecule has 0 atom stereocenters. The van der Waals surface area contributed by atoms with Gasteiger partial charge in [-0.15, -0.1) is 0 Å². The number of aliphatic hydroxyl groups excluding tert-OH is 1. The van der Waals surface area contributed by atoms with Gasteiger partial charge in [0.2, 0.25) is 5.91 Å². The molecule has 1 amide bonds. The van der Waals surface area contributed by atoms with Crippen LogP contribution in [0.3, 0.4) is 0 Å². The summed E-state index contributed by atoms with van der Waals surface area (Å²) in [7, 11) is 1.78. The molecule has 1 aliphatic heterocycles. The van der Waals surface area contributed by atoms with Crippen LogP contribution in [0.5, 0.6) is 0 Å². The molecule has 0 saturated carbocycles. The number of likely N-dealkylation sites (tertiary alicyclic amines) is 1. The number of aliphatic hydroxyl groups is 1. The van der Waals surface area contributed by atoms with Gasteiger partial charge in [0.25, 0.3) is 0 Å². The highest BCUT2D eigenvalue weighted by Gasteiger charge is 2.18.